The fourth-order valence-corrected chi connectivity index (χ4v) is 2.98. The summed E-state index contributed by atoms with van der Waals surface area (Å²) in [5, 5.41) is 9.26. The van der Waals surface area contributed by atoms with Crippen molar-refractivity contribution in [2.75, 3.05) is 18.0 Å². The van der Waals surface area contributed by atoms with Crippen molar-refractivity contribution in [1.82, 2.24) is 0 Å². The van der Waals surface area contributed by atoms with Crippen LogP contribution in [0.4, 0.5) is 5.69 Å². The zero-order valence-corrected chi connectivity index (χ0v) is 12.5. The average Bonchev–Trinajstić information content (AvgIpc) is 2.45. The number of carbonyl (C=O) groups is 1. The zero-order chi connectivity index (χ0) is 14.8. The van der Waals surface area contributed by atoms with E-state index >= 15 is 0 Å². The molecule has 1 heterocycles. The maximum absolute atomic E-state index is 10.8. The molecule has 20 heavy (non-hydrogen) atoms. The van der Waals surface area contributed by atoms with Gasteiger partial charge in [0.1, 0.15) is 12.4 Å². The molecule has 1 aromatic rings. The van der Waals surface area contributed by atoms with E-state index in [-0.39, 0.29) is 0 Å². The van der Waals surface area contributed by atoms with Crippen molar-refractivity contribution in [1.29, 1.82) is 5.26 Å². The zero-order valence-electron chi connectivity index (χ0n) is 12.5. The molecular weight excluding hydrogens is 248 g/mol. The molecule has 0 spiro atoms. The third-order valence-corrected chi connectivity index (χ3v) is 4.34. The van der Waals surface area contributed by atoms with E-state index in [4.69, 9.17) is 0 Å². The lowest BCUT2D eigenvalue weighted by molar-refractivity contribution is 0.112. The Hall–Kier alpha value is -1.82. The quantitative estimate of drug-likeness (QED) is 0.771. The molecule has 0 amide bonds. The second kappa shape index (κ2) is 5.66. The van der Waals surface area contributed by atoms with Gasteiger partial charge in [-0.05, 0) is 42.4 Å². The van der Waals surface area contributed by atoms with E-state index in [1.54, 1.807) is 12.1 Å². The molecule has 1 aliphatic rings. The first kappa shape index (κ1) is 14.6. The smallest absolute Gasteiger partial charge is 0.150 e. The van der Waals surface area contributed by atoms with Crippen molar-refractivity contribution in [2.24, 2.45) is 11.3 Å². The van der Waals surface area contributed by atoms with E-state index in [1.807, 2.05) is 6.07 Å². The highest BCUT2D eigenvalue weighted by Gasteiger charge is 2.29. The Bertz CT molecular complexity index is 529. The summed E-state index contributed by atoms with van der Waals surface area (Å²) < 4.78 is 0. The molecule has 1 aromatic carbocycles. The van der Waals surface area contributed by atoms with E-state index in [0.29, 0.717) is 16.5 Å². The first-order valence-corrected chi connectivity index (χ1v) is 7.20. The highest BCUT2D eigenvalue weighted by atomic mass is 16.1. The summed E-state index contributed by atoms with van der Waals surface area (Å²) in [5.41, 5.74) is 2.48. The Balaban J connectivity index is 2.15. The number of aldehydes is 1. The van der Waals surface area contributed by atoms with Gasteiger partial charge >= 0.3 is 0 Å². The Kier molecular flexibility index (Phi) is 4.13. The van der Waals surface area contributed by atoms with Gasteiger partial charge in [0.25, 0.3) is 0 Å². The van der Waals surface area contributed by atoms with E-state index in [1.165, 1.54) is 0 Å². The van der Waals surface area contributed by atoms with Crippen LogP contribution in [0.25, 0.3) is 0 Å². The number of anilines is 1. The second-order valence-electron chi connectivity index (χ2n) is 6.63. The molecule has 3 nitrogen and oxygen atoms in total. The van der Waals surface area contributed by atoms with Crippen molar-refractivity contribution >= 4 is 12.0 Å². The van der Waals surface area contributed by atoms with Gasteiger partial charge in [-0.1, -0.05) is 20.8 Å². The van der Waals surface area contributed by atoms with E-state index < -0.39 is 0 Å². The van der Waals surface area contributed by atoms with Crippen LogP contribution in [0.15, 0.2) is 18.2 Å². The number of piperidine rings is 1. The maximum atomic E-state index is 10.8. The fourth-order valence-electron chi connectivity index (χ4n) is 2.98. The summed E-state index contributed by atoms with van der Waals surface area (Å²) in [6.07, 6.45) is 3.10. The third-order valence-electron chi connectivity index (χ3n) is 4.34. The Morgan fingerprint density at radius 1 is 1.30 bits per heavy atom. The van der Waals surface area contributed by atoms with Gasteiger partial charge in [-0.25, -0.2) is 0 Å². The monoisotopic (exact) mass is 270 g/mol. The number of benzene rings is 1. The molecule has 1 saturated heterocycles. The highest BCUT2D eigenvalue weighted by Crippen LogP contribution is 2.36. The summed E-state index contributed by atoms with van der Waals surface area (Å²) in [4.78, 5) is 13.1. The number of rotatable bonds is 2. The maximum Gasteiger partial charge on any atom is 0.150 e. The average molecular weight is 270 g/mol. The molecule has 0 bridgehead atoms. The second-order valence-corrected chi connectivity index (χ2v) is 6.63. The van der Waals surface area contributed by atoms with Crippen LogP contribution >= 0.6 is 0 Å². The highest BCUT2D eigenvalue weighted by molar-refractivity contribution is 5.78. The topological polar surface area (TPSA) is 44.1 Å². The lowest BCUT2D eigenvalue weighted by Crippen LogP contribution is -2.38. The van der Waals surface area contributed by atoms with Crippen LogP contribution in [0.3, 0.4) is 0 Å². The largest absolute Gasteiger partial charge is 0.370 e. The van der Waals surface area contributed by atoms with Gasteiger partial charge in [0.15, 0.2) is 0 Å². The SMILES string of the molecule is CC(C)(C)C1CCN(c2ccc(C=O)cc2C#N)CC1. The van der Waals surface area contributed by atoms with Gasteiger partial charge in [-0.15, -0.1) is 0 Å². The van der Waals surface area contributed by atoms with Gasteiger partial charge in [0, 0.05) is 18.7 Å². The van der Waals surface area contributed by atoms with Gasteiger partial charge in [-0.2, -0.15) is 5.26 Å². The number of nitriles is 1. The summed E-state index contributed by atoms with van der Waals surface area (Å²) in [7, 11) is 0. The molecule has 2 rings (SSSR count). The molecule has 1 aliphatic heterocycles. The van der Waals surface area contributed by atoms with Crippen LogP contribution in [0.1, 0.15) is 49.5 Å². The summed E-state index contributed by atoms with van der Waals surface area (Å²) >= 11 is 0. The van der Waals surface area contributed by atoms with E-state index in [9.17, 15) is 10.1 Å². The molecule has 1 fully saturated rings. The van der Waals surface area contributed by atoms with Crippen LogP contribution in [0, 0.1) is 22.7 Å². The molecule has 0 saturated carbocycles. The number of hydrogen-bond donors (Lipinski definition) is 0. The fraction of sp³-hybridized carbons (Fsp3) is 0.529. The lowest BCUT2D eigenvalue weighted by Gasteiger charge is -2.40. The minimum atomic E-state index is 0.353. The van der Waals surface area contributed by atoms with Crippen molar-refractivity contribution in [3.63, 3.8) is 0 Å². The van der Waals surface area contributed by atoms with Crippen molar-refractivity contribution in [3.8, 4) is 6.07 Å². The third kappa shape index (κ3) is 3.01. The van der Waals surface area contributed by atoms with Crippen LogP contribution in [0.2, 0.25) is 0 Å². The molecule has 106 valence electrons. The molecule has 0 aromatic heterocycles. The number of carbonyl (C=O) groups excluding carboxylic acids is 1. The molecule has 3 heteroatoms. The molecule has 0 atom stereocenters. The van der Waals surface area contributed by atoms with Crippen molar-refractivity contribution in [2.45, 2.75) is 33.6 Å². The number of hydrogen-bond acceptors (Lipinski definition) is 3. The van der Waals surface area contributed by atoms with Gasteiger partial charge < -0.3 is 4.90 Å². The molecule has 0 N–H and O–H groups in total. The van der Waals surface area contributed by atoms with E-state index in [2.05, 4.69) is 31.7 Å². The van der Waals surface area contributed by atoms with Crippen molar-refractivity contribution < 1.29 is 4.79 Å². The molecule has 0 radical (unpaired) electrons. The van der Waals surface area contributed by atoms with Crippen LogP contribution < -0.4 is 4.90 Å². The van der Waals surface area contributed by atoms with E-state index in [0.717, 1.165) is 43.8 Å². The first-order chi connectivity index (χ1) is 9.45. The summed E-state index contributed by atoms with van der Waals surface area (Å²) in [5.74, 6) is 0.735. The minimum absolute atomic E-state index is 0.353. The summed E-state index contributed by atoms with van der Waals surface area (Å²) in [6.45, 7) is 8.86. The Morgan fingerprint density at radius 2 is 1.95 bits per heavy atom. The predicted octanol–water partition coefficient (Wildman–Crippen LogP) is 3.63. The van der Waals surface area contributed by atoms with Crippen LogP contribution in [-0.2, 0) is 0 Å². The molecule has 0 unspecified atom stereocenters. The van der Waals surface area contributed by atoms with Crippen LogP contribution in [0.5, 0.6) is 0 Å². The Labute approximate surface area is 121 Å². The van der Waals surface area contributed by atoms with Gasteiger partial charge in [0.05, 0.1) is 11.3 Å². The van der Waals surface area contributed by atoms with Gasteiger partial charge in [0.2, 0.25) is 0 Å². The van der Waals surface area contributed by atoms with Gasteiger partial charge in [-0.3, -0.25) is 4.79 Å². The molecular formula is C17H22N2O. The Morgan fingerprint density at radius 3 is 2.45 bits per heavy atom. The lowest BCUT2D eigenvalue weighted by atomic mass is 9.75. The number of nitrogens with zero attached hydrogens (tertiary/aromatic N) is 2. The normalized spacial score (nSPS) is 16.8. The van der Waals surface area contributed by atoms with Crippen LogP contribution in [-0.4, -0.2) is 19.4 Å². The first-order valence-electron chi connectivity index (χ1n) is 7.20. The predicted molar refractivity (Wildman–Crippen MR) is 80.9 cm³/mol. The minimum Gasteiger partial charge on any atom is -0.370 e. The summed E-state index contributed by atoms with van der Waals surface area (Å²) in [6, 6.07) is 7.58. The van der Waals surface area contributed by atoms with Crippen molar-refractivity contribution in [3.05, 3.63) is 29.3 Å². The standard InChI is InChI=1S/C17H22N2O/c1-17(2,3)15-6-8-19(9-7-15)16-5-4-13(12-20)10-14(16)11-18/h4-5,10,12,15H,6-9H2,1-3H3. The molecule has 0 aliphatic carbocycles.